The van der Waals surface area contributed by atoms with Crippen LogP contribution in [0.5, 0.6) is 5.88 Å². The van der Waals surface area contributed by atoms with E-state index in [9.17, 15) is 20.4 Å². The van der Waals surface area contributed by atoms with E-state index in [1.54, 1.807) is 0 Å². The van der Waals surface area contributed by atoms with Gasteiger partial charge in [0.1, 0.15) is 24.4 Å². The van der Waals surface area contributed by atoms with E-state index in [1.807, 2.05) is 38.1 Å². The Morgan fingerprint density at radius 3 is 2.42 bits per heavy atom. The first-order valence-electron chi connectivity index (χ1n) is 8.47. The van der Waals surface area contributed by atoms with Crippen LogP contribution in [0.15, 0.2) is 24.3 Å². The van der Waals surface area contributed by atoms with Gasteiger partial charge in [0, 0.05) is 17.7 Å². The summed E-state index contributed by atoms with van der Waals surface area (Å²) in [5, 5.41) is 46.1. The second-order valence-electron chi connectivity index (χ2n) is 6.61. The van der Waals surface area contributed by atoms with Gasteiger partial charge in [-0.15, -0.1) is 5.10 Å². The Hall–Kier alpha value is -1.97. The minimum absolute atomic E-state index is 0.243. The summed E-state index contributed by atoms with van der Waals surface area (Å²) in [5.41, 5.74) is 3.84. The molecule has 0 unspecified atom stereocenters. The van der Waals surface area contributed by atoms with Crippen LogP contribution >= 0.6 is 0 Å². The minimum Gasteiger partial charge on any atom is -0.443 e. The number of aromatic nitrogens is 2. The van der Waals surface area contributed by atoms with E-state index in [0.717, 1.165) is 22.4 Å². The molecule has 1 fully saturated rings. The second-order valence-corrected chi connectivity index (χ2v) is 6.61. The number of H-pyrrole nitrogens is 1. The summed E-state index contributed by atoms with van der Waals surface area (Å²) in [6.45, 7) is 3.36. The lowest BCUT2D eigenvalue weighted by atomic mass is 9.99. The van der Waals surface area contributed by atoms with Gasteiger partial charge in [0.2, 0.25) is 12.2 Å². The highest BCUT2D eigenvalue weighted by Gasteiger charge is 2.45. The lowest BCUT2D eigenvalue weighted by molar-refractivity contribution is -0.278. The van der Waals surface area contributed by atoms with Gasteiger partial charge in [0.25, 0.3) is 0 Å². The van der Waals surface area contributed by atoms with Crippen LogP contribution in [-0.4, -0.2) is 67.9 Å². The maximum atomic E-state index is 10.1. The Balaban J connectivity index is 1.79. The number of nitrogens with zero attached hydrogens (tertiary/aromatic N) is 1. The molecule has 5 atom stereocenters. The number of ether oxygens (including phenoxy) is 2. The van der Waals surface area contributed by atoms with Crippen LogP contribution in [0, 0.1) is 13.8 Å². The van der Waals surface area contributed by atoms with Crippen molar-refractivity contribution < 1.29 is 29.9 Å². The lowest BCUT2D eigenvalue weighted by Crippen LogP contribution is -2.60. The van der Waals surface area contributed by atoms with Gasteiger partial charge in [0.15, 0.2) is 0 Å². The Morgan fingerprint density at radius 2 is 1.77 bits per heavy atom. The largest absolute Gasteiger partial charge is 0.443 e. The summed E-state index contributed by atoms with van der Waals surface area (Å²) < 4.78 is 11.0. The summed E-state index contributed by atoms with van der Waals surface area (Å²) in [6, 6.07) is 8.06. The Labute approximate surface area is 151 Å². The summed E-state index contributed by atoms with van der Waals surface area (Å²) in [6.07, 6.45) is -6.12. The lowest BCUT2D eigenvalue weighted by Gasteiger charge is -2.39. The van der Waals surface area contributed by atoms with Crippen molar-refractivity contribution in [3.05, 3.63) is 46.6 Å². The van der Waals surface area contributed by atoms with Crippen molar-refractivity contribution in [1.29, 1.82) is 0 Å². The molecular formula is C18H24N2O6. The number of aliphatic hydroxyl groups excluding tert-OH is 4. The van der Waals surface area contributed by atoms with Crippen LogP contribution in [0.3, 0.4) is 0 Å². The van der Waals surface area contributed by atoms with Gasteiger partial charge in [-0.2, -0.15) is 0 Å². The fourth-order valence-electron chi connectivity index (χ4n) is 2.92. The zero-order chi connectivity index (χ0) is 18.8. The van der Waals surface area contributed by atoms with E-state index < -0.39 is 37.3 Å². The van der Waals surface area contributed by atoms with E-state index >= 15 is 0 Å². The molecule has 0 radical (unpaired) electrons. The number of aryl methyl sites for hydroxylation is 2. The average molecular weight is 364 g/mol. The van der Waals surface area contributed by atoms with Gasteiger partial charge in [-0.05, 0) is 19.4 Å². The summed E-state index contributed by atoms with van der Waals surface area (Å²) in [7, 11) is 0. The van der Waals surface area contributed by atoms with Gasteiger partial charge in [-0.25, -0.2) is 0 Å². The van der Waals surface area contributed by atoms with Crippen LogP contribution in [0.1, 0.15) is 22.4 Å². The van der Waals surface area contributed by atoms with Crippen molar-refractivity contribution >= 4 is 0 Å². The van der Waals surface area contributed by atoms with E-state index in [1.165, 1.54) is 0 Å². The zero-order valence-electron chi connectivity index (χ0n) is 14.7. The topological polar surface area (TPSA) is 128 Å². The van der Waals surface area contributed by atoms with Crippen molar-refractivity contribution in [2.75, 3.05) is 6.61 Å². The molecule has 1 aromatic heterocycles. The third kappa shape index (κ3) is 3.74. The Bertz CT molecular complexity index is 730. The van der Waals surface area contributed by atoms with Gasteiger partial charge < -0.3 is 29.9 Å². The highest BCUT2D eigenvalue weighted by atomic mass is 16.7. The molecule has 0 amide bonds. The van der Waals surface area contributed by atoms with Gasteiger partial charge >= 0.3 is 0 Å². The van der Waals surface area contributed by atoms with Crippen molar-refractivity contribution in [2.45, 2.75) is 51.0 Å². The third-order valence-electron chi connectivity index (χ3n) is 4.61. The predicted octanol–water partition coefficient (Wildman–Crippen LogP) is -0.204. The van der Waals surface area contributed by atoms with Gasteiger partial charge in [-0.3, -0.25) is 5.10 Å². The molecular weight excluding hydrogens is 340 g/mol. The van der Waals surface area contributed by atoms with E-state index in [0.29, 0.717) is 6.42 Å². The van der Waals surface area contributed by atoms with Crippen LogP contribution in [-0.2, 0) is 11.2 Å². The molecule has 1 aromatic carbocycles. The monoisotopic (exact) mass is 364 g/mol. The first-order chi connectivity index (χ1) is 12.4. The maximum absolute atomic E-state index is 10.1. The quantitative estimate of drug-likeness (QED) is 0.497. The number of aromatic amines is 1. The van der Waals surface area contributed by atoms with Crippen LogP contribution in [0.4, 0.5) is 0 Å². The van der Waals surface area contributed by atoms with Crippen molar-refractivity contribution in [3.63, 3.8) is 0 Å². The Morgan fingerprint density at radius 1 is 1.08 bits per heavy atom. The highest BCUT2D eigenvalue weighted by molar-refractivity contribution is 5.36. The molecule has 3 rings (SSSR count). The average Bonchev–Trinajstić information content (AvgIpc) is 2.97. The van der Waals surface area contributed by atoms with Gasteiger partial charge in [-0.1, -0.05) is 29.8 Å². The number of rotatable bonds is 5. The summed E-state index contributed by atoms with van der Waals surface area (Å²) in [5.74, 6) is 0.243. The molecule has 5 N–H and O–H groups in total. The summed E-state index contributed by atoms with van der Waals surface area (Å²) >= 11 is 0. The van der Waals surface area contributed by atoms with Crippen LogP contribution in [0.25, 0.3) is 0 Å². The SMILES string of the molecule is Cc1ccc(Cc2c(O[C@@H]3O[C@H](CO)[C@@H](O)[C@H](O)[C@H]3O)n[nH]c2C)cc1. The van der Waals surface area contributed by atoms with E-state index in [2.05, 4.69) is 10.2 Å². The number of aliphatic hydroxyl groups is 4. The molecule has 1 saturated heterocycles. The molecule has 0 saturated carbocycles. The molecule has 2 heterocycles. The van der Waals surface area contributed by atoms with Crippen molar-refractivity contribution in [3.8, 4) is 5.88 Å². The fraction of sp³-hybridized carbons (Fsp3) is 0.500. The van der Waals surface area contributed by atoms with Crippen molar-refractivity contribution in [2.24, 2.45) is 0 Å². The van der Waals surface area contributed by atoms with Crippen LogP contribution in [0.2, 0.25) is 0 Å². The first kappa shape index (κ1) is 18.8. The number of hydrogen-bond donors (Lipinski definition) is 5. The minimum atomic E-state index is -1.49. The molecule has 26 heavy (non-hydrogen) atoms. The van der Waals surface area contributed by atoms with Gasteiger partial charge in [0.05, 0.1) is 6.61 Å². The van der Waals surface area contributed by atoms with E-state index in [-0.39, 0.29) is 5.88 Å². The number of benzene rings is 1. The normalized spacial score (nSPS) is 28.9. The van der Waals surface area contributed by atoms with E-state index in [4.69, 9.17) is 9.47 Å². The molecule has 8 heteroatoms. The molecule has 0 aliphatic carbocycles. The molecule has 2 aromatic rings. The molecule has 1 aliphatic heterocycles. The second kappa shape index (κ2) is 7.73. The zero-order valence-corrected chi connectivity index (χ0v) is 14.7. The highest BCUT2D eigenvalue weighted by Crippen LogP contribution is 2.28. The number of nitrogens with one attached hydrogen (secondary N) is 1. The smallest absolute Gasteiger partial charge is 0.238 e. The first-order valence-corrected chi connectivity index (χ1v) is 8.47. The molecule has 1 aliphatic rings. The predicted molar refractivity (Wildman–Crippen MR) is 91.7 cm³/mol. The third-order valence-corrected chi connectivity index (χ3v) is 4.61. The molecule has 142 valence electrons. The standard InChI is InChI=1S/C18H24N2O6/c1-9-3-5-11(6-4-9)7-12-10(2)19-20-17(12)26-18-16(24)15(23)14(22)13(8-21)25-18/h3-6,13-16,18,21-24H,7-8H2,1-2H3,(H,19,20)/t13-,14-,15+,16-,18+/m1/s1. The number of hydrogen-bond acceptors (Lipinski definition) is 7. The molecule has 0 spiro atoms. The molecule has 8 nitrogen and oxygen atoms in total. The van der Waals surface area contributed by atoms with Crippen LogP contribution < -0.4 is 4.74 Å². The van der Waals surface area contributed by atoms with Crippen molar-refractivity contribution in [1.82, 2.24) is 10.2 Å². The fourth-order valence-corrected chi connectivity index (χ4v) is 2.92. The summed E-state index contributed by atoms with van der Waals surface area (Å²) in [4.78, 5) is 0. The molecule has 0 bridgehead atoms. The maximum Gasteiger partial charge on any atom is 0.238 e. The Kier molecular flexibility index (Phi) is 5.59.